The third kappa shape index (κ3) is 5.83. The van der Waals surface area contributed by atoms with Crippen molar-refractivity contribution in [1.82, 2.24) is 15.1 Å². The first-order valence-corrected chi connectivity index (χ1v) is 9.55. The van der Waals surface area contributed by atoms with Crippen molar-refractivity contribution in [3.63, 3.8) is 0 Å². The highest BCUT2D eigenvalue weighted by Crippen LogP contribution is 2.19. The minimum absolute atomic E-state index is 0.239. The van der Waals surface area contributed by atoms with Crippen LogP contribution in [0.2, 0.25) is 5.02 Å². The fourth-order valence-electron chi connectivity index (χ4n) is 2.67. The second-order valence-corrected chi connectivity index (χ2v) is 6.57. The molecule has 3 rings (SSSR count). The number of halogens is 1. The van der Waals surface area contributed by atoms with E-state index in [-0.39, 0.29) is 24.7 Å². The second-order valence-electron chi connectivity index (χ2n) is 6.13. The number of urea groups is 1. The molecule has 0 aliphatic rings. The van der Waals surface area contributed by atoms with Crippen molar-refractivity contribution >= 4 is 23.3 Å². The maximum absolute atomic E-state index is 12.1. The Morgan fingerprint density at radius 3 is 2.66 bits per heavy atom. The van der Waals surface area contributed by atoms with Crippen molar-refractivity contribution in [3.8, 4) is 17.0 Å². The van der Waals surface area contributed by atoms with Gasteiger partial charge in [-0.3, -0.25) is 4.79 Å². The molecule has 0 radical (unpaired) electrons. The topological polar surface area (TPSA) is 85.2 Å². The standard InChI is InChI=1S/C21H21ClN4O3/c1-2-29-18-8-6-15(7-9-18)19-10-11-20(27)26(25-19)13-12-23-21(28)24-17-5-3-4-16(22)14-17/h3-11,14H,2,12-13H2,1H3,(H2,23,24,28). The van der Waals surface area contributed by atoms with Gasteiger partial charge >= 0.3 is 6.03 Å². The van der Waals surface area contributed by atoms with E-state index in [1.54, 1.807) is 30.3 Å². The van der Waals surface area contributed by atoms with E-state index in [4.69, 9.17) is 16.3 Å². The molecule has 150 valence electrons. The van der Waals surface area contributed by atoms with Crippen LogP contribution in [0.15, 0.2) is 65.5 Å². The number of carbonyl (C=O) groups excluding carboxylic acids is 1. The first-order chi connectivity index (χ1) is 14.0. The molecule has 0 aliphatic carbocycles. The van der Waals surface area contributed by atoms with E-state index in [1.807, 2.05) is 31.2 Å². The Morgan fingerprint density at radius 1 is 1.14 bits per heavy atom. The summed E-state index contributed by atoms with van der Waals surface area (Å²) < 4.78 is 6.76. The number of benzene rings is 2. The van der Waals surface area contributed by atoms with E-state index in [9.17, 15) is 9.59 Å². The SMILES string of the molecule is CCOc1ccc(-c2ccc(=O)n(CCNC(=O)Nc3cccc(Cl)c3)n2)cc1. The van der Waals surface area contributed by atoms with Crippen molar-refractivity contribution in [2.75, 3.05) is 18.5 Å². The lowest BCUT2D eigenvalue weighted by atomic mass is 10.1. The van der Waals surface area contributed by atoms with Crippen molar-refractivity contribution in [3.05, 3.63) is 76.0 Å². The van der Waals surface area contributed by atoms with Gasteiger partial charge in [0, 0.05) is 28.9 Å². The van der Waals surface area contributed by atoms with E-state index >= 15 is 0 Å². The molecule has 3 aromatic rings. The summed E-state index contributed by atoms with van der Waals surface area (Å²) in [6.45, 7) is 3.01. The molecule has 1 aromatic heterocycles. The highest BCUT2D eigenvalue weighted by atomic mass is 35.5. The van der Waals surface area contributed by atoms with Gasteiger partial charge < -0.3 is 15.4 Å². The molecule has 0 atom stereocenters. The molecular weight excluding hydrogens is 392 g/mol. The average molecular weight is 413 g/mol. The van der Waals surface area contributed by atoms with Gasteiger partial charge in [-0.1, -0.05) is 17.7 Å². The zero-order valence-corrected chi connectivity index (χ0v) is 16.6. The average Bonchev–Trinajstić information content (AvgIpc) is 2.70. The lowest BCUT2D eigenvalue weighted by molar-refractivity contribution is 0.251. The van der Waals surface area contributed by atoms with Gasteiger partial charge in [-0.05, 0) is 55.5 Å². The molecule has 0 saturated carbocycles. The quantitative estimate of drug-likeness (QED) is 0.618. The normalized spacial score (nSPS) is 10.4. The van der Waals surface area contributed by atoms with Crippen LogP contribution in [-0.4, -0.2) is 29.0 Å². The summed E-state index contributed by atoms with van der Waals surface area (Å²) in [6.07, 6.45) is 0. The van der Waals surface area contributed by atoms with Gasteiger partial charge in [-0.2, -0.15) is 5.10 Å². The summed E-state index contributed by atoms with van der Waals surface area (Å²) >= 11 is 5.89. The number of nitrogens with zero attached hydrogens (tertiary/aromatic N) is 2. The number of carbonyl (C=O) groups is 1. The molecule has 1 heterocycles. The summed E-state index contributed by atoms with van der Waals surface area (Å²) in [6, 6.07) is 17.1. The predicted octanol–water partition coefficient (Wildman–Crippen LogP) is 3.78. The molecule has 0 aliphatic heterocycles. The number of hydrogen-bond donors (Lipinski definition) is 2. The van der Waals surface area contributed by atoms with Crippen LogP contribution >= 0.6 is 11.6 Å². The van der Waals surface area contributed by atoms with Gasteiger partial charge in [-0.25, -0.2) is 9.48 Å². The van der Waals surface area contributed by atoms with E-state index in [1.165, 1.54) is 10.7 Å². The summed E-state index contributed by atoms with van der Waals surface area (Å²) in [5.74, 6) is 0.777. The lowest BCUT2D eigenvalue weighted by Gasteiger charge is -2.10. The molecule has 0 bridgehead atoms. The monoisotopic (exact) mass is 412 g/mol. The van der Waals surface area contributed by atoms with Crippen LogP contribution in [0, 0.1) is 0 Å². The minimum atomic E-state index is -0.386. The van der Waals surface area contributed by atoms with Gasteiger partial charge in [0.05, 0.1) is 18.8 Å². The Hall–Kier alpha value is -3.32. The predicted molar refractivity (Wildman–Crippen MR) is 114 cm³/mol. The first-order valence-electron chi connectivity index (χ1n) is 9.17. The third-order valence-electron chi connectivity index (χ3n) is 4.02. The molecule has 2 amide bonds. The molecule has 29 heavy (non-hydrogen) atoms. The van der Waals surface area contributed by atoms with E-state index in [0.29, 0.717) is 23.0 Å². The van der Waals surface area contributed by atoms with E-state index in [0.717, 1.165) is 11.3 Å². The van der Waals surface area contributed by atoms with Crippen molar-refractivity contribution in [1.29, 1.82) is 0 Å². The fraction of sp³-hybridized carbons (Fsp3) is 0.190. The maximum Gasteiger partial charge on any atom is 0.319 e. The number of hydrogen-bond acceptors (Lipinski definition) is 4. The van der Waals surface area contributed by atoms with Crippen molar-refractivity contribution in [2.45, 2.75) is 13.5 Å². The first kappa shape index (κ1) is 20.4. The number of aromatic nitrogens is 2. The Labute approximate surface area is 173 Å². The molecule has 2 aromatic carbocycles. The van der Waals surface area contributed by atoms with Crippen molar-refractivity contribution < 1.29 is 9.53 Å². The number of ether oxygens (including phenoxy) is 1. The third-order valence-corrected chi connectivity index (χ3v) is 4.25. The zero-order valence-electron chi connectivity index (χ0n) is 15.9. The highest BCUT2D eigenvalue weighted by molar-refractivity contribution is 6.30. The molecule has 0 saturated heterocycles. The number of anilines is 1. The van der Waals surface area contributed by atoms with Crippen LogP contribution in [0.4, 0.5) is 10.5 Å². The lowest BCUT2D eigenvalue weighted by Crippen LogP contribution is -2.34. The van der Waals surface area contributed by atoms with E-state index < -0.39 is 0 Å². The fourth-order valence-corrected chi connectivity index (χ4v) is 2.86. The minimum Gasteiger partial charge on any atom is -0.494 e. The Balaban J connectivity index is 1.60. The zero-order chi connectivity index (χ0) is 20.6. The van der Waals surface area contributed by atoms with Gasteiger partial charge in [-0.15, -0.1) is 0 Å². The summed E-state index contributed by atoms with van der Waals surface area (Å²) in [7, 11) is 0. The summed E-state index contributed by atoms with van der Waals surface area (Å²) in [4.78, 5) is 24.1. The molecule has 8 heteroatoms. The smallest absolute Gasteiger partial charge is 0.319 e. The largest absolute Gasteiger partial charge is 0.494 e. The number of nitrogens with one attached hydrogen (secondary N) is 2. The second kappa shape index (κ2) is 9.75. The number of amides is 2. The van der Waals surface area contributed by atoms with Crippen LogP contribution in [0.3, 0.4) is 0 Å². The Morgan fingerprint density at radius 2 is 1.93 bits per heavy atom. The van der Waals surface area contributed by atoms with Crippen LogP contribution in [-0.2, 0) is 6.54 Å². The van der Waals surface area contributed by atoms with Crippen LogP contribution in [0.5, 0.6) is 5.75 Å². The Kier molecular flexibility index (Phi) is 6.86. The molecule has 7 nitrogen and oxygen atoms in total. The van der Waals surface area contributed by atoms with Gasteiger partial charge in [0.2, 0.25) is 0 Å². The van der Waals surface area contributed by atoms with Crippen molar-refractivity contribution in [2.24, 2.45) is 0 Å². The summed E-state index contributed by atoms with van der Waals surface area (Å²) in [5.41, 5.74) is 1.88. The molecule has 0 unspecified atom stereocenters. The number of rotatable bonds is 7. The molecular formula is C21H21ClN4O3. The highest BCUT2D eigenvalue weighted by Gasteiger charge is 2.06. The van der Waals surface area contributed by atoms with Crippen LogP contribution in [0.25, 0.3) is 11.3 Å². The van der Waals surface area contributed by atoms with Crippen LogP contribution < -0.4 is 20.9 Å². The molecule has 0 spiro atoms. The van der Waals surface area contributed by atoms with Crippen LogP contribution in [0.1, 0.15) is 6.92 Å². The van der Waals surface area contributed by atoms with E-state index in [2.05, 4.69) is 15.7 Å². The molecule has 0 fully saturated rings. The Bertz CT molecular complexity index is 1030. The summed E-state index contributed by atoms with van der Waals surface area (Å²) in [5, 5.41) is 10.3. The molecule has 2 N–H and O–H groups in total. The maximum atomic E-state index is 12.1. The van der Waals surface area contributed by atoms with Gasteiger partial charge in [0.1, 0.15) is 5.75 Å². The van der Waals surface area contributed by atoms with Gasteiger partial charge in [0.15, 0.2) is 0 Å². The van der Waals surface area contributed by atoms with Gasteiger partial charge in [0.25, 0.3) is 5.56 Å².